The van der Waals surface area contributed by atoms with E-state index in [1.54, 1.807) is 0 Å². The number of aliphatic hydroxyl groups excluding tert-OH is 1. The molecule has 90 valence electrons. The highest BCUT2D eigenvalue weighted by molar-refractivity contribution is 5.61. The van der Waals surface area contributed by atoms with Gasteiger partial charge >= 0.3 is 0 Å². The Bertz CT molecular complexity index is 335. The molecule has 1 aromatic rings. The van der Waals surface area contributed by atoms with E-state index < -0.39 is 6.10 Å². The van der Waals surface area contributed by atoms with Gasteiger partial charge in [-0.15, -0.1) is 0 Å². The maximum atomic E-state index is 9.44. The van der Waals surface area contributed by atoms with E-state index in [1.807, 2.05) is 0 Å². The van der Waals surface area contributed by atoms with Crippen LogP contribution in [0.15, 0.2) is 6.33 Å². The van der Waals surface area contributed by atoms with Crippen molar-refractivity contribution in [1.82, 2.24) is 9.97 Å². The molecule has 0 aliphatic heterocycles. The van der Waals surface area contributed by atoms with Crippen molar-refractivity contribution in [3.05, 3.63) is 6.33 Å². The third-order valence-electron chi connectivity index (χ3n) is 1.90. The maximum absolute atomic E-state index is 9.44. The third kappa shape index (κ3) is 3.21. The van der Waals surface area contributed by atoms with Crippen LogP contribution >= 0.6 is 0 Å². The summed E-state index contributed by atoms with van der Waals surface area (Å²) in [6, 6.07) is 0. The summed E-state index contributed by atoms with van der Waals surface area (Å²) in [6.07, 6.45) is 0.703. The van der Waals surface area contributed by atoms with Gasteiger partial charge < -0.3 is 25.6 Å². The molecule has 16 heavy (non-hydrogen) atoms. The van der Waals surface area contributed by atoms with Gasteiger partial charge in [0.15, 0.2) is 11.6 Å². The number of anilines is 2. The fourth-order valence-corrected chi connectivity index (χ4v) is 1.18. The highest BCUT2D eigenvalue weighted by Crippen LogP contribution is 2.25. The summed E-state index contributed by atoms with van der Waals surface area (Å²) in [5, 5.41) is 12.3. The monoisotopic (exact) mass is 228 g/mol. The minimum absolute atomic E-state index is 0.246. The van der Waals surface area contributed by atoms with Crippen molar-refractivity contribution < 1.29 is 14.6 Å². The molecule has 1 atom stereocenters. The number of hydrogen-bond acceptors (Lipinski definition) is 7. The molecule has 1 aromatic heterocycles. The van der Waals surface area contributed by atoms with Crippen molar-refractivity contribution in [2.24, 2.45) is 0 Å². The largest absolute Gasteiger partial charge is 0.490 e. The second kappa shape index (κ2) is 6.09. The highest BCUT2D eigenvalue weighted by atomic mass is 16.5. The predicted molar refractivity (Wildman–Crippen MR) is 59.4 cm³/mol. The van der Waals surface area contributed by atoms with Crippen LogP contribution in [-0.4, -0.2) is 48.5 Å². The SMILES string of the molecule is COCC(O)CNc1ncnc(N)c1OC. The summed E-state index contributed by atoms with van der Waals surface area (Å²) >= 11 is 0. The van der Waals surface area contributed by atoms with Gasteiger partial charge in [0.1, 0.15) is 6.33 Å². The van der Waals surface area contributed by atoms with E-state index in [1.165, 1.54) is 20.5 Å². The van der Waals surface area contributed by atoms with Crippen molar-refractivity contribution in [2.45, 2.75) is 6.10 Å². The van der Waals surface area contributed by atoms with Gasteiger partial charge in [-0.1, -0.05) is 0 Å². The van der Waals surface area contributed by atoms with Gasteiger partial charge in [-0.2, -0.15) is 0 Å². The van der Waals surface area contributed by atoms with E-state index in [0.29, 0.717) is 18.1 Å². The van der Waals surface area contributed by atoms with Crippen molar-refractivity contribution in [1.29, 1.82) is 0 Å². The minimum Gasteiger partial charge on any atom is -0.490 e. The third-order valence-corrected chi connectivity index (χ3v) is 1.90. The first-order valence-electron chi connectivity index (χ1n) is 4.74. The highest BCUT2D eigenvalue weighted by Gasteiger charge is 2.10. The fraction of sp³-hybridized carbons (Fsp3) is 0.556. The van der Waals surface area contributed by atoms with Gasteiger partial charge in [0.2, 0.25) is 5.75 Å². The number of hydrogen-bond donors (Lipinski definition) is 3. The lowest BCUT2D eigenvalue weighted by Crippen LogP contribution is -2.24. The summed E-state index contributed by atoms with van der Waals surface area (Å²) in [5.41, 5.74) is 5.59. The molecule has 0 aliphatic carbocycles. The van der Waals surface area contributed by atoms with E-state index >= 15 is 0 Å². The van der Waals surface area contributed by atoms with E-state index in [0.717, 1.165) is 0 Å². The zero-order valence-corrected chi connectivity index (χ0v) is 9.30. The minimum atomic E-state index is -0.620. The molecule has 7 heteroatoms. The van der Waals surface area contributed by atoms with Crippen LogP contribution < -0.4 is 15.8 Å². The number of aliphatic hydroxyl groups is 1. The number of methoxy groups -OCH3 is 2. The van der Waals surface area contributed by atoms with Gasteiger partial charge in [-0.05, 0) is 0 Å². The molecule has 0 spiro atoms. The van der Waals surface area contributed by atoms with Crippen LogP contribution in [0.25, 0.3) is 0 Å². The van der Waals surface area contributed by atoms with Crippen molar-refractivity contribution in [3.63, 3.8) is 0 Å². The Kier molecular flexibility index (Phi) is 4.74. The molecule has 0 aromatic carbocycles. The second-order valence-corrected chi connectivity index (χ2v) is 3.13. The average molecular weight is 228 g/mol. The first-order chi connectivity index (χ1) is 7.69. The Hall–Kier alpha value is -1.60. The Morgan fingerprint density at radius 3 is 2.88 bits per heavy atom. The van der Waals surface area contributed by atoms with Crippen LogP contribution in [0.4, 0.5) is 11.6 Å². The Labute approximate surface area is 93.6 Å². The number of ether oxygens (including phenoxy) is 2. The summed E-state index contributed by atoms with van der Waals surface area (Å²) in [5.74, 6) is 1.07. The first-order valence-corrected chi connectivity index (χ1v) is 4.74. The Morgan fingerprint density at radius 1 is 1.50 bits per heavy atom. The molecular formula is C9H16N4O3. The van der Waals surface area contributed by atoms with E-state index in [4.69, 9.17) is 15.2 Å². The van der Waals surface area contributed by atoms with E-state index in [2.05, 4.69) is 15.3 Å². The van der Waals surface area contributed by atoms with Gasteiger partial charge in [-0.25, -0.2) is 9.97 Å². The Morgan fingerprint density at radius 2 is 2.25 bits per heavy atom. The predicted octanol–water partition coefficient (Wildman–Crippen LogP) is -0.513. The van der Waals surface area contributed by atoms with Gasteiger partial charge in [0.25, 0.3) is 0 Å². The van der Waals surface area contributed by atoms with Gasteiger partial charge in [0, 0.05) is 13.7 Å². The van der Waals surface area contributed by atoms with Crippen molar-refractivity contribution in [3.8, 4) is 5.75 Å². The normalized spacial score (nSPS) is 12.2. The molecule has 0 bridgehead atoms. The van der Waals surface area contributed by atoms with Crippen LogP contribution in [0, 0.1) is 0 Å². The van der Waals surface area contributed by atoms with E-state index in [9.17, 15) is 5.11 Å². The maximum Gasteiger partial charge on any atom is 0.203 e. The molecule has 0 fully saturated rings. The topological polar surface area (TPSA) is 103 Å². The quantitative estimate of drug-likeness (QED) is 0.602. The first kappa shape index (κ1) is 12.5. The number of nitrogens with one attached hydrogen (secondary N) is 1. The standard InChI is InChI=1S/C9H16N4O3/c1-15-4-6(14)3-11-9-7(16-2)8(10)12-5-13-9/h5-6,14H,3-4H2,1-2H3,(H3,10,11,12,13). The summed E-state index contributed by atoms with van der Waals surface area (Å²) < 4.78 is 9.84. The van der Waals surface area contributed by atoms with Crippen LogP contribution in [0.1, 0.15) is 0 Å². The van der Waals surface area contributed by atoms with Crippen LogP contribution in [0.3, 0.4) is 0 Å². The number of nitrogen functional groups attached to an aromatic ring is 1. The molecule has 0 amide bonds. The smallest absolute Gasteiger partial charge is 0.203 e. The molecule has 0 saturated heterocycles. The lowest BCUT2D eigenvalue weighted by molar-refractivity contribution is 0.0727. The van der Waals surface area contributed by atoms with Gasteiger partial charge in [-0.3, -0.25) is 0 Å². The van der Waals surface area contributed by atoms with Gasteiger partial charge in [0.05, 0.1) is 19.8 Å². The van der Waals surface area contributed by atoms with Crippen molar-refractivity contribution in [2.75, 3.05) is 38.4 Å². The van der Waals surface area contributed by atoms with Crippen molar-refractivity contribution >= 4 is 11.6 Å². The average Bonchev–Trinajstić information content (AvgIpc) is 2.27. The van der Waals surface area contributed by atoms with E-state index in [-0.39, 0.29) is 12.4 Å². The van der Waals surface area contributed by atoms with Crippen LogP contribution in [-0.2, 0) is 4.74 Å². The molecule has 0 radical (unpaired) electrons. The lowest BCUT2D eigenvalue weighted by Gasteiger charge is -2.13. The zero-order chi connectivity index (χ0) is 12.0. The van der Waals surface area contributed by atoms with Crippen LogP contribution in [0.2, 0.25) is 0 Å². The molecule has 1 rings (SSSR count). The molecule has 4 N–H and O–H groups in total. The molecule has 1 unspecified atom stereocenters. The number of nitrogens with two attached hydrogens (primary N) is 1. The molecular weight excluding hydrogens is 212 g/mol. The molecule has 1 heterocycles. The number of rotatable bonds is 6. The molecule has 0 aliphatic rings. The fourth-order valence-electron chi connectivity index (χ4n) is 1.18. The number of nitrogens with zero attached hydrogens (tertiary/aromatic N) is 2. The molecule has 0 saturated carbocycles. The summed E-state index contributed by atoms with van der Waals surface area (Å²) in [6.45, 7) is 0.538. The summed E-state index contributed by atoms with van der Waals surface area (Å²) in [7, 11) is 3.00. The zero-order valence-electron chi connectivity index (χ0n) is 9.30. The summed E-state index contributed by atoms with van der Waals surface area (Å²) in [4.78, 5) is 7.75. The Balaban J connectivity index is 2.63. The second-order valence-electron chi connectivity index (χ2n) is 3.13. The number of aromatic nitrogens is 2. The lowest BCUT2D eigenvalue weighted by atomic mass is 10.3. The molecule has 7 nitrogen and oxygen atoms in total. The van der Waals surface area contributed by atoms with Crippen LogP contribution in [0.5, 0.6) is 5.75 Å².